The van der Waals surface area contributed by atoms with Crippen molar-refractivity contribution in [3.8, 4) is 0 Å². The van der Waals surface area contributed by atoms with E-state index in [0.717, 1.165) is 32.1 Å². The first-order chi connectivity index (χ1) is 7.58. The molecule has 2 rings (SSSR count). The van der Waals surface area contributed by atoms with Gasteiger partial charge >= 0.3 is 6.03 Å². The molecule has 2 saturated heterocycles. The van der Waals surface area contributed by atoms with Crippen molar-refractivity contribution in [2.45, 2.75) is 33.6 Å². The second-order valence-electron chi connectivity index (χ2n) is 5.81. The molecular weight excluding hydrogens is 200 g/mol. The molecule has 2 aliphatic rings. The Hall–Kier alpha value is -0.730. The molecule has 0 saturated carbocycles. The summed E-state index contributed by atoms with van der Waals surface area (Å²) >= 11 is 0. The monoisotopic (exact) mass is 224 g/mol. The molecular formula is C13H24N2O. The molecule has 0 aliphatic carbocycles. The Morgan fingerprint density at radius 1 is 0.938 bits per heavy atom. The van der Waals surface area contributed by atoms with Crippen LogP contribution in [0.5, 0.6) is 0 Å². The number of hydrogen-bond donors (Lipinski definition) is 0. The number of carbonyl (C=O) groups is 1. The summed E-state index contributed by atoms with van der Waals surface area (Å²) in [4.78, 5) is 16.3. The Morgan fingerprint density at radius 3 is 1.94 bits per heavy atom. The summed E-state index contributed by atoms with van der Waals surface area (Å²) in [6.45, 7) is 10.6. The van der Waals surface area contributed by atoms with Crippen LogP contribution < -0.4 is 0 Å². The second kappa shape index (κ2) is 4.64. The van der Waals surface area contributed by atoms with Gasteiger partial charge in [0.1, 0.15) is 0 Å². The number of nitrogens with zero attached hydrogens (tertiary/aromatic N) is 2. The van der Waals surface area contributed by atoms with Gasteiger partial charge in [0.05, 0.1) is 0 Å². The van der Waals surface area contributed by atoms with Crippen LogP contribution in [0.1, 0.15) is 33.6 Å². The summed E-state index contributed by atoms with van der Waals surface area (Å²) in [5, 5.41) is 0. The number of urea groups is 1. The van der Waals surface area contributed by atoms with Gasteiger partial charge in [-0.3, -0.25) is 0 Å². The van der Waals surface area contributed by atoms with Gasteiger partial charge in [-0.25, -0.2) is 4.79 Å². The van der Waals surface area contributed by atoms with Gasteiger partial charge in [0, 0.05) is 26.2 Å². The van der Waals surface area contributed by atoms with Crippen molar-refractivity contribution in [2.24, 2.45) is 17.8 Å². The lowest BCUT2D eigenvalue weighted by Crippen LogP contribution is -2.45. The predicted molar refractivity (Wildman–Crippen MR) is 65.3 cm³/mol. The summed E-state index contributed by atoms with van der Waals surface area (Å²) in [5.74, 6) is 2.11. The maximum Gasteiger partial charge on any atom is 0.320 e. The van der Waals surface area contributed by atoms with E-state index < -0.39 is 0 Å². The minimum absolute atomic E-state index is 0.281. The molecule has 2 unspecified atom stereocenters. The Labute approximate surface area is 98.8 Å². The van der Waals surface area contributed by atoms with E-state index in [0.29, 0.717) is 11.8 Å². The van der Waals surface area contributed by atoms with Crippen molar-refractivity contribution in [1.82, 2.24) is 9.80 Å². The van der Waals surface area contributed by atoms with Crippen molar-refractivity contribution < 1.29 is 4.79 Å². The second-order valence-corrected chi connectivity index (χ2v) is 5.81. The van der Waals surface area contributed by atoms with Crippen LogP contribution in [-0.4, -0.2) is 42.0 Å². The van der Waals surface area contributed by atoms with Crippen molar-refractivity contribution in [3.05, 3.63) is 0 Å². The molecule has 0 bridgehead atoms. The number of rotatable bonds is 0. The molecule has 0 aromatic heterocycles. The van der Waals surface area contributed by atoms with Gasteiger partial charge in [-0.15, -0.1) is 0 Å². The van der Waals surface area contributed by atoms with Crippen molar-refractivity contribution in [2.75, 3.05) is 26.2 Å². The highest BCUT2D eigenvalue weighted by molar-refractivity contribution is 5.74. The summed E-state index contributed by atoms with van der Waals surface area (Å²) in [6.07, 6.45) is 2.34. The molecule has 92 valence electrons. The van der Waals surface area contributed by atoms with Crippen LogP contribution in [0.25, 0.3) is 0 Å². The zero-order valence-corrected chi connectivity index (χ0v) is 10.8. The summed E-state index contributed by atoms with van der Waals surface area (Å²) in [5.41, 5.74) is 0. The Balaban J connectivity index is 1.88. The number of piperidine rings is 1. The molecule has 0 radical (unpaired) electrons. The summed E-state index contributed by atoms with van der Waals surface area (Å²) in [7, 11) is 0. The lowest BCUT2D eigenvalue weighted by molar-refractivity contribution is 0.141. The van der Waals surface area contributed by atoms with Gasteiger partial charge in [0.15, 0.2) is 0 Å². The average molecular weight is 224 g/mol. The third-order valence-electron chi connectivity index (χ3n) is 4.31. The van der Waals surface area contributed by atoms with Crippen LogP contribution in [0.2, 0.25) is 0 Å². The molecule has 3 nitrogen and oxygen atoms in total. The summed E-state index contributed by atoms with van der Waals surface area (Å²) in [6, 6.07) is 0.281. The largest absolute Gasteiger partial charge is 0.325 e. The van der Waals surface area contributed by atoms with E-state index in [1.165, 1.54) is 12.8 Å². The minimum Gasteiger partial charge on any atom is -0.325 e. The minimum atomic E-state index is 0.281. The van der Waals surface area contributed by atoms with Crippen molar-refractivity contribution in [1.29, 1.82) is 0 Å². The Morgan fingerprint density at radius 2 is 1.44 bits per heavy atom. The first-order valence-corrected chi connectivity index (χ1v) is 6.61. The SMILES string of the molecule is CC1CCN(C(=O)N2CC(C)C(C)C2)CC1. The topological polar surface area (TPSA) is 23.6 Å². The Bertz CT molecular complexity index is 249. The Kier molecular flexibility index (Phi) is 3.41. The highest BCUT2D eigenvalue weighted by Crippen LogP contribution is 2.24. The molecule has 16 heavy (non-hydrogen) atoms. The number of carbonyl (C=O) groups excluding carboxylic acids is 1. The van der Waals surface area contributed by atoms with E-state index in [1.54, 1.807) is 0 Å². The van der Waals surface area contributed by atoms with Crippen LogP contribution in [0.3, 0.4) is 0 Å². The number of amides is 2. The molecule has 0 spiro atoms. The fourth-order valence-corrected chi connectivity index (χ4v) is 2.69. The third-order valence-corrected chi connectivity index (χ3v) is 4.31. The lowest BCUT2D eigenvalue weighted by Gasteiger charge is -2.33. The molecule has 3 heteroatoms. The van der Waals surface area contributed by atoms with Gasteiger partial charge in [0.25, 0.3) is 0 Å². The fourth-order valence-electron chi connectivity index (χ4n) is 2.69. The molecule has 2 aliphatic heterocycles. The molecule has 2 fully saturated rings. The van der Waals surface area contributed by atoms with Crippen LogP contribution >= 0.6 is 0 Å². The zero-order chi connectivity index (χ0) is 11.7. The van der Waals surface area contributed by atoms with Crippen molar-refractivity contribution >= 4 is 6.03 Å². The highest BCUT2D eigenvalue weighted by atomic mass is 16.2. The van der Waals surface area contributed by atoms with E-state index in [2.05, 4.69) is 20.8 Å². The molecule has 0 aromatic carbocycles. The van der Waals surface area contributed by atoms with E-state index in [4.69, 9.17) is 0 Å². The highest BCUT2D eigenvalue weighted by Gasteiger charge is 2.32. The van der Waals surface area contributed by atoms with Gasteiger partial charge in [0.2, 0.25) is 0 Å². The van der Waals surface area contributed by atoms with E-state index >= 15 is 0 Å². The van der Waals surface area contributed by atoms with Gasteiger partial charge in [-0.1, -0.05) is 20.8 Å². The van der Waals surface area contributed by atoms with E-state index in [9.17, 15) is 4.79 Å². The van der Waals surface area contributed by atoms with Gasteiger partial charge < -0.3 is 9.80 Å². The molecule has 0 aromatic rings. The standard InChI is InChI=1S/C13H24N2O/c1-10-4-6-14(7-5-10)13(16)15-8-11(2)12(3)9-15/h10-12H,4-9H2,1-3H3. The molecule has 0 N–H and O–H groups in total. The first-order valence-electron chi connectivity index (χ1n) is 6.61. The van der Waals surface area contributed by atoms with Crippen LogP contribution in [-0.2, 0) is 0 Å². The third kappa shape index (κ3) is 2.33. The lowest BCUT2D eigenvalue weighted by atomic mass is 10.00. The van der Waals surface area contributed by atoms with E-state index in [1.807, 2.05) is 9.80 Å². The smallest absolute Gasteiger partial charge is 0.320 e. The van der Waals surface area contributed by atoms with Gasteiger partial charge in [-0.2, -0.15) is 0 Å². The maximum absolute atomic E-state index is 12.3. The van der Waals surface area contributed by atoms with Crippen LogP contribution in [0.15, 0.2) is 0 Å². The fraction of sp³-hybridized carbons (Fsp3) is 0.923. The molecule has 2 heterocycles. The quantitative estimate of drug-likeness (QED) is 0.620. The average Bonchev–Trinajstić information content (AvgIpc) is 2.59. The normalized spacial score (nSPS) is 32.2. The zero-order valence-electron chi connectivity index (χ0n) is 10.8. The molecule has 2 atom stereocenters. The van der Waals surface area contributed by atoms with Crippen molar-refractivity contribution in [3.63, 3.8) is 0 Å². The van der Waals surface area contributed by atoms with Gasteiger partial charge in [-0.05, 0) is 30.6 Å². The number of hydrogen-bond acceptors (Lipinski definition) is 1. The van der Waals surface area contributed by atoms with E-state index in [-0.39, 0.29) is 6.03 Å². The molecule has 2 amide bonds. The van der Waals surface area contributed by atoms with Crippen LogP contribution in [0, 0.1) is 17.8 Å². The maximum atomic E-state index is 12.3. The predicted octanol–water partition coefficient (Wildman–Crippen LogP) is 2.43. The summed E-state index contributed by atoms with van der Waals surface area (Å²) < 4.78 is 0. The van der Waals surface area contributed by atoms with Crippen LogP contribution in [0.4, 0.5) is 4.79 Å². The first kappa shape index (κ1) is 11.7. The number of likely N-dealkylation sites (tertiary alicyclic amines) is 2.